The van der Waals surface area contributed by atoms with Crippen molar-refractivity contribution >= 4 is 15.2 Å². The first-order chi connectivity index (χ1) is 3.71. The van der Waals surface area contributed by atoms with Gasteiger partial charge in [-0.1, -0.05) is 0 Å². The third-order valence-electron chi connectivity index (χ3n) is 0.368. The Morgan fingerprint density at radius 1 is 1.00 bits per heavy atom. The van der Waals surface area contributed by atoms with Gasteiger partial charge in [0.15, 0.2) is 5.90 Å². The van der Waals surface area contributed by atoms with Crippen LogP contribution in [0.2, 0.25) is 0 Å². The van der Waals surface area contributed by atoms with Crippen LogP contribution in [0.15, 0.2) is 0 Å². The Kier molecular flexibility index (Phi) is 5.47. The van der Waals surface area contributed by atoms with E-state index < -0.39 is 21.1 Å². The second-order valence-electron chi connectivity index (χ2n) is 1.47. The molecule has 4 N–H and O–H groups in total. The summed E-state index contributed by atoms with van der Waals surface area (Å²) in [7, 11) is -9.10. The smallest absolute Gasteiger partial charge is 1.00 e. The minimum atomic E-state index is -4.55. The van der Waals surface area contributed by atoms with Crippen molar-refractivity contribution in [2.24, 2.45) is 0 Å². The molecule has 0 heterocycles. The van der Waals surface area contributed by atoms with E-state index in [2.05, 4.69) is 0 Å². The van der Waals surface area contributed by atoms with Gasteiger partial charge in [-0.3, -0.25) is 9.13 Å². The Labute approximate surface area is 70.6 Å². The summed E-state index contributed by atoms with van der Waals surface area (Å²) in [5.74, 6) is -1.38. The fraction of sp³-hybridized carbons (Fsp3) is 1.00. The summed E-state index contributed by atoms with van der Waals surface area (Å²) in [6.45, 7) is 0. The molecule has 6 nitrogen and oxygen atoms in total. The van der Waals surface area contributed by atoms with Gasteiger partial charge in [0.25, 0.3) is 0 Å². The summed E-state index contributed by atoms with van der Waals surface area (Å²) in [6, 6.07) is 0. The minimum absolute atomic E-state index is 0. The molecular formula is CH7LiO6P2. The molecule has 58 valence electrons. The van der Waals surface area contributed by atoms with Gasteiger partial charge in [-0.15, -0.1) is 0 Å². The average molecular weight is 184 g/mol. The largest absolute Gasteiger partial charge is 1.00 e. The molecule has 0 spiro atoms. The van der Waals surface area contributed by atoms with Crippen molar-refractivity contribution in [1.29, 1.82) is 0 Å². The Morgan fingerprint density at radius 2 is 1.20 bits per heavy atom. The molecule has 0 rings (SSSR count). The first kappa shape index (κ1) is 13.5. The molecule has 0 saturated carbocycles. The van der Waals surface area contributed by atoms with Crippen molar-refractivity contribution in [2.75, 3.05) is 5.90 Å². The molecule has 0 aromatic rings. The van der Waals surface area contributed by atoms with Gasteiger partial charge in [-0.25, -0.2) is 0 Å². The SMILES string of the molecule is O=P(O)(O)CP(=O)(O)O.[H-].[Li+]. The fourth-order valence-electron chi connectivity index (χ4n) is 0.240. The van der Waals surface area contributed by atoms with Crippen molar-refractivity contribution in [1.82, 2.24) is 0 Å². The van der Waals surface area contributed by atoms with Gasteiger partial charge in [0.2, 0.25) is 0 Å². The van der Waals surface area contributed by atoms with Gasteiger partial charge in [0.1, 0.15) is 0 Å². The molecule has 0 amide bonds. The molecule has 0 aliphatic heterocycles. The molecule has 0 saturated heterocycles. The molecule has 9 heteroatoms. The van der Waals surface area contributed by atoms with E-state index in [1.54, 1.807) is 0 Å². The van der Waals surface area contributed by atoms with E-state index in [-0.39, 0.29) is 20.3 Å². The predicted molar refractivity (Wildman–Crippen MR) is 30.1 cm³/mol. The first-order valence-electron chi connectivity index (χ1n) is 1.80. The van der Waals surface area contributed by atoms with Crippen molar-refractivity contribution in [3.8, 4) is 0 Å². The summed E-state index contributed by atoms with van der Waals surface area (Å²) >= 11 is 0. The van der Waals surface area contributed by atoms with E-state index in [1.807, 2.05) is 0 Å². The zero-order valence-corrected chi connectivity index (χ0v) is 7.00. The third-order valence-corrected chi connectivity index (χ3v) is 3.32. The van der Waals surface area contributed by atoms with Gasteiger partial charge in [0, 0.05) is 0 Å². The Bertz CT molecular complexity index is 161. The number of hydrogen-bond donors (Lipinski definition) is 4. The Hall–Kier alpha value is 0.897. The summed E-state index contributed by atoms with van der Waals surface area (Å²) < 4.78 is 19.7. The predicted octanol–water partition coefficient (Wildman–Crippen LogP) is -3.58. The van der Waals surface area contributed by atoms with E-state index >= 15 is 0 Å². The van der Waals surface area contributed by atoms with E-state index in [0.29, 0.717) is 0 Å². The van der Waals surface area contributed by atoms with Gasteiger partial charge >= 0.3 is 34.1 Å². The molecule has 0 aromatic heterocycles. The summed E-state index contributed by atoms with van der Waals surface area (Å²) in [4.78, 5) is 31.9. The van der Waals surface area contributed by atoms with Crippen LogP contribution >= 0.6 is 15.2 Å². The van der Waals surface area contributed by atoms with Gasteiger partial charge in [-0.2, -0.15) is 0 Å². The zero-order chi connectivity index (χ0) is 7.71. The average Bonchev–Trinajstić information content (AvgIpc) is 1.14. The quantitative estimate of drug-likeness (QED) is 0.260. The molecule has 0 aliphatic rings. The maximum atomic E-state index is 9.85. The molecule has 0 aromatic carbocycles. The summed E-state index contributed by atoms with van der Waals surface area (Å²) in [5, 5.41) is 0. The third kappa shape index (κ3) is 11.7. The van der Waals surface area contributed by atoms with Gasteiger partial charge < -0.3 is 21.0 Å². The van der Waals surface area contributed by atoms with Crippen LogP contribution in [0, 0.1) is 0 Å². The van der Waals surface area contributed by atoms with Crippen molar-refractivity contribution in [3.05, 3.63) is 0 Å². The molecule has 0 radical (unpaired) electrons. The van der Waals surface area contributed by atoms with Crippen LogP contribution < -0.4 is 18.9 Å². The number of rotatable bonds is 2. The standard InChI is InChI=1S/CH6O6P2.Li.H/c2-8(3,4)1-9(5,6)7;;/h1H2,(H2,2,3,4)(H2,5,6,7);;/q;+1;-1. The monoisotopic (exact) mass is 184 g/mol. The van der Waals surface area contributed by atoms with Crippen LogP contribution in [0.3, 0.4) is 0 Å². The van der Waals surface area contributed by atoms with Crippen LogP contribution in [0.4, 0.5) is 0 Å². The molecule has 0 aliphatic carbocycles. The van der Waals surface area contributed by atoms with Crippen LogP contribution in [0.1, 0.15) is 1.43 Å². The zero-order valence-electron chi connectivity index (χ0n) is 6.21. The molecule has 10 heavy (non-hydrogen) atoms. The Morgan fingerprint density at radius 3 is 1.20 bits per heavy atom. The molecule has 0 fully saturated rings. The van der Waals surface area contributed by atoms with Crippen LogP contribution in [0.25, 0.3) is 0 Å². The topological polar surface area (TPSA) is 115 Å². The molecule has 0 bridgehead atoms. The number of hydrogen-bond acceptors (Lipinski definition) is 2. The maximum Gasteiger partial charge on any atom is 1.00 e. The van der Waals surface area contributed by atoms with E-state index in [0.717, 1.165) is 0 Å². The maximum absolute atomic E-state index is 9.85. The van der Waals surface area contributed by atoms with Crippen LogP contribution in [0.5, 0.6) is 0 Å². The van der Waals surface area contributed by atoms with Crippen LogP contribution in [-0.4, -0.2) is 25.5 Å². The normalized spacial score (nSPS) is 12.4. The van der Waals surface area contributed by atoms with Crippen molar-refractivity contribution in [3.63, 3.8) is 0 Å². The minimum Gasteiger partial charge on any atom is -1.00 e. The van der Waals surface area contributed by atoms with E-state index in [4.69, 9.17) is 19.6 Å². The van der Waals surface area contributed by atoms with E-state index in [9.17, 15) is 9.13 Å². The van der Waals surface area contributed by atoms with Gasteiger partial charge in [-0.05, 0) is 0 Å². The second kappa shape index (κ2) is 4.06. The first-order valence-corrected chi connectivity index (χ1v) is 5.39. The van der Waals surface area contributed by atoms with Crippen molar-refractivity contribution in [2.45, 2.75) is 0 Å². The van der Waals surface area contributed by atoms with Gasteiger partial charge in [0.05, 0.1) is 0 Å². The molecular weight excluding hydrogens is 177 g/mol. The summed E-state index contributed by atoms with van der Waals surface area (Å²) in [5.41, 5.74) is 0. The second-order valence-corrected chi connectivity index (χ2v) is 5.26. The molecule has 0 unspecified atom stereocenters. The summed E-state index contributed by atoms with van der Waals surface area (Å²) in [6.07, 6.45) is 0. The van der Waals surface area contributed by atoms with Crippen LogP contribution in [-0.2, 0) is 9.13 Å². The Balaban J connectivity index is -0.000000320. The van der Waals surface area contributed by atoms with E-state index in [1.165, 1.54) is 0 Å². The van der Waals surface area contributed by atoms with Crippen molar-refractivity contribution < 1.29 is 49.0 Å². The fourth-order valence-corrected chi connectivity index (χ4v) is 2.16. The molecule has 0 atom stereocenters.